The van der Waals surface area contributed by atoms with Crippen LogP contribution in [0.3, 0.4) is 0 Å². The Morgan fingerprint density at radius 2 is 1.68 bits per heavy atom. The summed E-state index contributed by atoms with van der Waals surface area (Å²) < 4.78 is 5.15. The highest BCUT2D eigenvalue weighted by Gasteiger charge is 2.27. The van der Waals surface area contributed by atoms with Crippen LogP contribution in [0.4, 0.5) is 0 Å². The summed E-state index contributed by atoms with van der Waals surface area (Å²) in [7, 11) is 0. The van der Waals surface area contributed by atoms with Crippen molar-refractivity contribution in [1.29, 1.82) is 0 Å². The topological polar surface area (TPSA) is 53.0 Å². The number of carboxylic acid groups (broad SMARTS) is 1. The molecule has 0 spiro atoms. The Morgan fingerprint density at radius 1 is 1.04 bits per heavy atom. The monoisotopic (exact) mass is 424 g/mol. The van der Waals surface area contributed by atoms with Crippen LogP contribution < -0.4 is 0 Å². The van der Waals surface area contributed by atoms with E-state index in [1.807, 2.05) is 24.3 Å². The zero-order valence-electron chi connectivity index (χ0n) is 15.7. The van der Waals surface area contributed by atoms with Crippen molar-refractivity contribution < 1.29 is 14.6 Å². The molecule has 1 N–H and O–H groups in total. The Labute approximate surface area is 177 Å². The van der Waals surface area contributed by atoms with E-state index in [4.69, 9.17) is 21.4 Å². The van der Waals surface area contributed by atoms with Crippen molar-refractivity contribution in [2.45, 2.75) is 6.04 Å². The van der Waals surface area contributed by atoms with Crippen molar-refractivity contribution in [3.05, 3.63) is 70.7 Å². The SMILES string of the molecule is Cl.O=C(O)COCCN1CCN(C(c2ccccc2)c2ccccc2Cl)CC1. The van der Waals surface area contributed by atoms with Gasteiger partial charge in [0, 0.05) is 37.7 Å². The first-order valence-electron chi connectivity index (χ1n) is 9.20. The van der Waals surface area contributed by atoms with Gasteiger partial charge >= 0.3 is 5.97 Å². The van der Waals surface area contributed by atoms with E-state index in [0.717, 1.165) is 43.3 Å². The molecule has 1 aliphatic rings. The maximum Gasteiger partial charge on any atom is 0.329 e. The number of piperazine rings is 1. The lowest BCUT2D eigenvalue weighted by Gasteiger charge is -2.40. The van der Waals surface area contributed by atoms with E-state index >= 15 is 0 Å². The van der Waals surface area contributed by atoms with Gasteiger partial charge in [-0.3, -0.25) is 9.80 Å². The number of rotatable bonds is 8. The highest BCUT2D eigenvalue weighted by atomic mass is 35.5. The van der Waals surface area contributed by atoms with Crippen molar-refractivity contribution in [3.8, 4) is 0 Å². The summed E-state index contributed by atoms with van der Waals surface area (Å²) in [5.41, 5.74) is 2.37. The Morgan fingerprint density at radius 3 is 2.32 bits per heavy atom. The molecule has 28 heavy (non-hydrogen) atoms. The van der Waals surface area contributed by atoms with Crippen LogP contribution in [0.2, 0.25) is 5.02 Å². The minimum atomic E-state index is -0.926. The highest BCUT2D eigenvalue weighted by Crippen LogP contribution is 2.33. The van der Waals surface area contributed by atoms with Crippen LogP contribution in [0.5, 0.6) is 0 Å². The number of carboxylic acids is 1. The third kappa shape index (κ3) is 6.19. The molecule has 1 atom stereocenters. The lowest BCUT2D eigenvalue weighted by atomic mass is 9.96. The summed E-state index contributed by atoms with van der Waals surface area (Å²) >= 11 is 6.53. The van der Waals surface area contributed by atoms with Gasteiger partial charge in [0.1, 0.15) is 6.61 Å². The summed E-state index contributed by atoms with van der Waals surface area (Å²) in [5, 5.41) is 9.42. The second-order valence-electron chi connectivity index (χ2n) is 6.66. The molecule has 0 aromatic heterocycles. The first kappa shape index (κ1) is 22.7. The van der Waals surface area contributed by atoms with Gasteiger partial charge < -0.3 is 9.84 Å². The molecule has 2 aromatic carbocycles. The molecule has 2 aromatic rings. The summed E-state index contributed by atoms with van der Waals surface area (Å²) in [6.45, 7) is 4.65. The molecule has 0 saturated carbocycles. The van der Waals surface area contributed by atoms with Crippen molar-refractivity contribution in [1.82, 2.24) is 9.80 Å². The van der Waals surface area contributed by atoms with Crippen LogP contribution in [0, 0.1) is 0 Å². The number of nitrogens with zero attached hydrogens (tertiary/aromatic N) is 2. The van der Waals surface area contributed by atoms with E-state index in [0.29, 0.717) is 6.61 Å². The Bertz CT molecular complexity index is 737. The summed E-state index contributed by atoms with van der Waals surface area (Å²) in [6.07, 6.45) is 0. The first-order valence-corrected chi connectivity index (χ1v) is 9.58. The van der Waals surface area contributed by atoms with Crippen LogP contribution in [0.1, 0.15) is 17.2 Å². The van der Waals surface area contributed by atoms with E-state index in [-0.39, 0.29) is 25.1 Å². The summed E-state index contributed by atoms with van der Waals surface area (Å²) in [4.78, 5) is 15.3. The van der Waals surface area contributed by atoms with Crippen molar-refractivity contribution in [2.75, 3.05) is 45.9 Å². The molecule has 1 unspecified atom stereocenters. The summed E-state index contributed by atoms with van der Waals surface area (Å²) in [6, 6.07) is 18.6. The molecule has 1 fully saturated rings. The molecule has 1 aliphatic heterocycles. The molecule has 0 amide bonds. The molecule has 7 heteroatoms. The van der Waals surface area contributed by atoms with E-state index in [1.165, 1.54) is 5.56 Å². The van der Waals surface area contributed by atoms with E-state index in [1.54, 1.807) is 0 Å². The van der Waals surface area contributed by atoms with Crippen LogP contribution in [0.15, 0.2) is 54.6 Å². The van der Waals surface area contributed by atoms with Crippen LogP contribution in [-0.4, -0.2) is 66.8 Å². The Balaban J connectivity index is 0.00000280. The second kappa shape index (κ2) is 11.4. The first-order chi connectivity index (χ1) is 13.1. The number of hydrogen-bond donors (Lipinski definition) is 1. The van der Waals surface area contributed by atoms with Crippen molar-refractivity contribution in [3.63, 3.8) is 0 Å². The molecule has 1 heterocycles. The third-order valence-corrected chi connectivity index (χ3v) is 5.21. The van der Waals surface area contributed by atoms with Gasteiger partial charge in [-0.2, -0.15) is 0 Å². The van der Waals surface area contributed by atoms with Gasteiger partial charge in [0.05, 0.1) is 12.6 Å². The van der Waals surface area contributed by atoms with Gasteiger partial charge in [0.2, 0.25) is 0 Å². The van der Waals surface area contributed by atoms with Gasteiger partial charge in [-0.15, -0.1) is 12.4 Å². The molecular weight excluding hydrogens is 399 g/mol. The van der Waals surface area contributed by atoms with E-state index in [9.17, 15) is 4.79 Å². The lowest BCUT2D eigenvalue weighted by Crippen LogP contribution is -2.48. The number of hydrogen-bond acceptors (Lipinski definition) is 4. The predicted molar refractivity (Wildman–Crippen MR) is 113 cm³/mol. The minimum absolute atomic E-state index is 0. The number of carbonyl (C=O) groups is 1. The van der Waals surface area contributed by atoms with Gasteiger partial charge in [0.25, 0.3) is 0 Å². The number of aliphatic carboxylic acids is 1. The number of ether oxygens (including phenoxy) is 1. The molecular formula is C21H26Cl2N2O3. The lowest BCUT2D eigenvalue weighted by molar-refractivity contribution is -0.142. The second-order valence-corrected chi connectivity index (χ2v) is 7.07. The molecule has 0 aliphatic carbocycles. The molecule has 3 rings (SSSR count). The molecule has 0 bridgehead atoms. The minimum Gasteiger partial charge on any atom is -0.480 e. The van der Waals surface area contributed by atoms with Crippen LogP contribution >= 0.6 is 24.0 Å². The fraction of sp³-hybridized carbons (Fsp3) is 0.381. The fourth-order valence-corrected chi connectivity index (χ4v) is 3.76. The van der Waals surface area contributed by atoms with Crippen LogP contribution in [0.25, 0.3) is 0 Å². The zero-order valence-corrected chi connectivity index (χ0v) is 17.2. The van der Waals surface area contributed by atoms with Gasteiger partial charge in [-0.05, 0) is 17.2 Å². The third-order valence-electron chi connectivity index (χ3n) is 4.86. The van der Waals surface area contributed by atoms with E-state index in [2.05, 4.69) is 40.1 Å². The number of benzene rings is 2. The molecule has 5 nitrogen and oxygen atoms in total. The van der Waals surface area contributed by atoms with Gasteiger partial charge in [-0.25, -0.2) is 4.79 Å². The maximum absolute atomic E-state index is 10.5. The standard InChI is InChI=1S/C21H25ClN2O3.ClH/c22-19-9-5-4-8-18(19)21(17-6-2-1-3-7-17)24-12-10-23(11-13-24)14-15-27-16-20(25)26;/h1-9,21H,10-16H2,(H,25,26);1H. The van der Waals surface area contributed by atoms with Crippen molar-refractivity contribution in [2.24, 2.45) is 0 Å². The largest absolute Gasteiger partial charge is 0.480 e. The molecule has 152 valence electrons. The predicted octanol–water partition coefficient (Wildman–Crippen LogP) is 3.57. The Hall–Kier alpha value is -1.63. The smallest absolute Gasteiger partial charge is 0.329 e. The normalized spacial score (nSPS) is 16.3. The summed E-state index contributed by atoms with van der Waals surface area (Å²) in [5.74, 6) is -0.926. The van der Waals surface area contributed by atoms with Crippen molar-refractivity contribution >= 4 is 30.0 Å². The van der Waals surface area contributed by atoms with E-state index < -0.39 is 5.97 Å². The van der Waals surface area contributed by atoms with Crippen LogP contribution in [-0.2, 0) is 9.53 Å². The fourth-order valence-electron chi connectivity index (χ4n) is 3.52. The average Bonchev–Trinajstić information content (AvgIpc) is 2.69. The molecule has 1 saturated heterocycles. The Kier molecular flexibility index (Phi) is 9.22. The molecule has 0 radical (unpaired) electrons. The number of halogens is 2. The highest BCUT2D eigenvalue weighted by molar-refractivity contribution is 6.31. The quantitative estimate of drug-likeness (QED) is 0.656. The zero-order chi connectivity index (χ0) is 19.1. The van der Waals surface area contributed by atoms with Gasteiger partial charge in [-0.1, -0.05) is 60.1 Å². The van der Waals surface area contributed by atoms with Gasteiger partial charge in [0.15, 0.2) is 0 Å². The maximum atomic E-state index is 10.5. The average molecular weight is 425 g/mol.